The highest BCUT2D eigenvalue weighted by Crippen LogP contribution is 2.16. The van der Waals surface area contributed by atoms with Crippen LogP contribution in [-0.4, -0.2) is 36.1 Å². The molecule has 0 bridgehead atoms. The highest BCUT2D eigenvalue weighted by Gasteiger charge is 2.14. The second-order valence-electron chi connectivity index (χ2n) is 5.03. The molecule has 18 heavy (non-hydrogen) atoms. The summed E-state index contributed by atoms with van der Waals surface area (Å²) in [7, 11) is 2.18. The Labute approximate surface area is 109 Å². The molecular weight excluding hydrogens is 224 g/mol. The normalized spacial score (nSPS) is 21.3. The molecule has 2 heterocycles. The number of nitrogens with zero attached hydrogens (tertiary/aromatic N) is 2. The van der Waals surface area contributed by atoms with Crippen molar-refractivity contribution in [2.24, 2.45) is 5.73 Å². The van der Waals surface area contributed by atoms with E-state index in [1.54, 1.807) is 6.20 Å². The third kappa shape index (κ3) is 3.47. The summed E-state index contributed by atoms with van der Waals surface area (Å²) in [6.07, 6.45) is 5.39. The predicted octanol–water partition coefficient (Wildman–Crippen LogP) is 1.91. The van der Waals surface area contributed by atoms with Crippen LogP contribution in [0.3, 0.4) is 0 Å². The topological polar surface area (TPSA) is 54.2 Å². The standard InChI is InChI=1S/C14H22N4/c1-11(15)12-5-6-14(16-10-12)17-13-4-3-8-18(2)9-7-13/h5-6,10,13H,1,3-4,7-9,15H2,2H3,(H,16,17). The lowest BCUT2D eigenvalue weighted by molar-refractivity contribution is 0.348. The Hall–Kier alpha value is -1.55. The van der Waals surface area contributed by atoms with Gasteiger partial charge in [-0.1, -0.05) is 6.58 Å². The lowest BCUT2D eigenvalue weighted by Gasteiger charge is -2.17. The predicted molar refractivity (Wildman–Crippen MR) is 76.2 cm³/mol. The molecule has 1 saturated heterocycles. The van der Waals surface area contributed by atoms with Crippen LogP contribution in [0.25, 0.3) is 5.70 Å². The maximum Gasteiger partial charge on any atom is 0.126 e. The molecule has 0 amide bonds. The summed E-state index contributed by atoms with van der Waals surface area (Å²) in [6, 6.07) is 4.46. The summed E-state index contributed by atoms with van der Waals surface area (Å²) in [5, 5.41) is 3.50. The molecule has 1 aliphatic heterocycles. The van der Waals surface area contributed by atoms with Crippen LogP contribution in [0.4, 0.5) is 5.82 Å². The molecule has 0 radical (unpaired) electrons. The Morgan fingerprint density at radius 2 is 2.28 bits per heavy atom. The van der Waals surface area contributed by atoms with Gasteiger partial charge in [0.1, 0.15) is 5.82 Å². The van der Waals surface area contributed by atoms with Crippen molar-refractivity contribution in [3.63, 3.8) is 0 Å². The number of rotatable bonds is 3. The van der Waals surface area contributed by atoms with Crippen LogP contribution in [0, 0.1) is 0 Å². The zero-order chi connectivity index (χ0) is 13.0. The zero-order valence-corrected chi connectivity index (χ0v) is 11.0. The molecule has 1 unspecified atom stereocenters. The van der Waals surface area contributed by atoms with Crippen molar-refractivity contribution in [1.29, 1.82) is 0 Å². The van der Waals surface area contributed by atoms with Gasteiger partial charge in [-0.25, -0.2) is 4.98 Å². The molecule has 0 aliphatic carbocycles. The van der Waals surface area contributed by atoms with Gasteiger partial charge in [-0.05, 0) is 51.5 Å². The first-order valence-corrected chi connectivity index (χ1v) is 6.51. The van der Waals surface area contributed by atoms with E-state index in [-0.39, 0.29) is 0 Å². The lowest BCUT2D eigenvalue weighted by atomic mass is 10.1. The Kier molecular flexibility index (Phi) is 4.20. The number of anilines is 1. The minimum absolute atomic E-state index is 0.523. The van der Waals surface area contributed by atoms with Crippen LogP contribution >= 0.6 is 0 Å². The first-order valence-electron chi connectivity index (χ1n) is 6.51. The molecule has 1 atom stereocenters. The molecule has 4 heteroatoms. The van der Waals surface area contributed by atoms with E-state index < -0.39 is 0 Å². The smallest absolute Gasteiger partial charge is 0.126 e. The molecule has 2 rings (SSSR count). The molecule has 0 saturated carbocycles. The zero-order valence-electron chi connectivity index (χ0n) is 11.0. The summed E-state index contributed by atoms with van der Waals surface area (Å²) in [5.74, 6) is 0.926. The number of hydrogen-bond acceptors (Lipinski definition) is 4. The van der Waals surface area contributed by atoms with Gasteiger partial charge in [0.05, 0.1) is 0 Å². The van der Waals surface area contributed by atoms with Gasteiger partial charge in [-0.15, -0.1) is 0 Å². The van der Waals surface area contributed by atoms with Crippen LogP contribution in [0.15, 0.2) is 24.9 Å². The maximum absolute atomic E-state index is 5.62. The van der Waals surface area contributed by atoms with Crippen LogP contribution in [0.2, 0.25) is 0 Å². The number of pyridine rings is 1. The molecule has 1 aromatic heterocycles. The summed E-state index contributed by atoms with van der Waals surface area (Å²) >= 11 is 0. The fraction of sp³-hybridized carbons (Fsp3) is 0.500. The summed E-state index contributed by atoms with van der Waals surface area (Å²) in [5.41, 5.74) is 7.07. The monoisotopic (exact) mass is 246 g/mol. The Morgan fingerprint density at radius 3 is 2.94 bits per heavy atom. The number of aromatic nitrogens is 1. The van der Waals surface area contributed by atoms with E-state index in [2.05, 4.69) is 28.8 Å². The minimum atomic E-state index is 0.523. The van der Waals surface area contributed by atoms with Gasteiger partial charge in [-0.3, -0.25) is 0 Å². The number of nitrogens with two attached hydrogens (primary N) is 1. The van der Waals surface area contributed by atoms with Crippen LogP contribution in [0.5, 0.6) is 0 Å². The lowest BCUT2D eigenvalue weighted by Crippen LogP contribution is -2.23. The van der Waals surface area contributed by atoms with Crippen molar-refractivity contribution in [3.05, 3.63) is 30.5 Å². The third-order valence-corrected chi connectivity index (χ3v) is 3.44. The Bertz CT molecular complexity index is 399. The molecule has 0 spiro atoms. The van der Waals surface area contributed by atoms with Crippen molar-refractivity contribution in [3.8, 4) is 0 Å². The Morgan fingerprint density at radius 1 is 1.44 bits per heavy atom. The molecule has 98 valence electrons. The number of likely N-dealkylation sites (tertiary alicyclic amines) is 1. The maximum atomic E-state index is 5.62. The second-order valence-corrected chi connectivity index (χ2v) is 5.03. The van der Waals surface area contributed by atoms with E-state index in [9.17, 15) is 0 Å². The highest BCUT2D eigenvalue weighted by atomic mass is 15.1. The van der Waals surface area contributed by atoms with Crippen LogP contribution < -0.4 is 11.1 Å². The number of nitrogens with one attached hydrogen (secondary N) is 1. The van der Waals surface area contributed by atoms with Gasteiger partial charge in [0.15, 0.2) is 0 Å². The molecular formula is C14H22N4. The van der Waals surface area contributed by atoms with Gasteiger partial charge in [0, 0.05) is 23.5 Å². The summed E-state index contributed by atoms with van der Waals surface area (Å²) in [4.78, 5) is 6.76. The van der Waals surface area contributed by atoms with E-state index in [1.165, 1.54) is 25.8 Å². The third-order valence-electron chi connectivity index (χ3n) is 3.44. The molecule has 0 aromatic carbocycles. The Balaban J connectivity index is 1.94. The van der Waals surface area contributed by atoms with Crippen molar-refractivity contribution < 1.29 is 0 Å². The van der Waals surface area contributed by atoms with E-state index in [0.29, 0.717) is 11.7 Å². The number of hydrogen-bond donors (Lipinski definition) is 2. The summed E-state index contributed by atoms with van der Waals surface area (Å²) < 4.78 is 0. The molecule has 1 aliphatic rings. The van der Waals surface area contributed by atoms with E-state index in [4.69, 9.17) is 5.73 Å². The van der Waals surface area contributed by atoms with Gasteiger partial charge in [0.25, 0.3) is 0 Å². The molecule has 1 fully saturated rings. The van der Waals surface area contributed by atoms with Gasteiger partial charge in [0.2, 0.25) is 0 Å². The summed E-state index contributed by atoms with van der Waals surface area (Å²) in [6.45, 7) is 6.04. The quantitative estimate of drug-likeness (QED) is 0.855. The first kappa shape index (κ1) is 12.9. The van der Waals surface area contributed by atoms with Gasteiger partial charge >= 0.3 is 0 Å². The van der Waals surface area contributed by atoms with Crippen molar-refractivity contribution in [1.82, 2.24) is 9.88 Å². The molecule has 4 nitrogen and oxygen atoms in total. The van der Waals surface area contributed by atoms with Gasteiger partial charge in [-0.2, -0.15) is 0 Å². The van der Waals surface area contributed by atoms with Crippen LogP contribution in [-0.2, 0) is 0 Å². The fourth-order valence-corrected chi connectivity index (χ4v) is 2.26. The first-order chi connectivity index (χ1) is 8.65. The highest BCUT2D eigenvalue weighted by molar-refractivity contribution is 5.60. The average Bonchev–Trinajstić information content (AvgIpc) is 2.55. The second kappa shape index (κ2) is 5.87. The van der Waals surface area contributed by atoms with Crippen molar-refractivity contribution in [2.75, 3.05) is 25.5 Å². The van der Waals surface area contributed by atoms with Crippen LogP contribution in [0.1, 0.15) is 24.8 Å². The average molecular weight is 246 g/mol. The minimum Gasteiger partial charge on any atom is -0.399 e. The SMILES string of the molecule is C=C(N)c1ccc(NC2CCCN(C)CC2)nc1. The van der Waals surface area contributed by atoms with Crippen molar-refractivity contribution >= 4 is 11.5 Å². The molecule has 1 aromatic rings. The molecule has 3 N–H and O–H groups in total. The van der Waals surface area contributed by atoms with Crippen molar-refractivity contribution in [2.45, 2.75) is 25.3 Å². The van der Waals surface area contributed by atoms with E-state index in [0.717, 1.165) is 17.9 Å². The van der Waals surface area contributed by atoms with E-state index >= 15 is 0 Å². The van der Waals surface area contributed by atoms with Gasteiger partial charge < -0.3 is 16.0 Å². The largest absolute Gasteiger partial charge is 0.399 e. The van der Waals surface area contributed by atoms with E-state index in [1.807, 2.05) is 12.1 Å². The fourth-order valence-electron chi connectivity index (χ4n) is 2.26.